The monoisotopic (exact) mass is 281 g/mol. The Morgan fingerprint density at radius 2 is 2.00 bits per heavy atom. The summed E-state index contributed by atoms with van der Waals surface area (Å²) in [4.78, 5) is 18.4. The summed E-state index contributed by atoms with van der Waals surface area (Å²) >= 11 is 0. The second kappa shape index (κ2) is 6.06. The molecule has 4 heteroatoms. The normalized spacial score (nSPS) is 17.4. The van der Waals surface area contributed by atoms with Crippen molar-refractivity contribution >= 4 is 11.6 Å². The van der Waals surface area contributed by atoms with Crippen LogP contribution < -0.4 is 10.6 Å². The van der Waals surface area contributed by atoms with Crippen LogP contribution in [0, 0.1) is 0 Å². The summed E-state index contributed by atoms with van der Waals surface area (Å²) in [6, 6.07) is 11.9. The minimum Gasteiger partial charge on any atom is -0.326 e. The molecule has 0 aliphatic carbocycles. The van der Waals surface area contributed by atoms with Crippen molar-refractivity contribution in [2.45, 2.75) is 25.3 Å². The lowest BCUT2D eigenvalue weighted by atomic mass is 9.98. The number of para-hydroxylation sites is 1. The predicted octanol–water partition coefficient (Wildman–Crippen LogP) is 1.93. The van der Waals surface area contributed by atoms with Gasteiger partial charge in [-0.25, -0.2) is 0 Å². The molecule has 4 nitrogen and oxygen atoms in total. The van der Waals surface area contributed by atoms with Gasteiger partial charge in [-0.1, -0.05) is 18.2 Å². The number of rotatable bonds is 3. The standard InChI is InChI=1S/C17H19N3O/c18-15-11-14-3-1-2-4-16(14)20(12-15)17(21)6-5-13-7-9-19-10-8-13/h1-4,7-10,15H,5-6,11-12,18H2. The fraction of sp³-hybridized carbons (Fsp3) is 0.294. The number of nitrogens with zero attached hydrogens (tertiary/aromatic N) is 2. The molecule has 0 radical (unpaired) electrons. The summed E-state index contributed by atoms with van der Waals surface area (Å²) in [5.74, 6) is 0.134. The van der Waals surface area contributed by atoms with E-state index in [-0.39, 0.29) is 11.9 Å². The Hall–Kier alpha value is -2.20. The average molecular weight is 281 g/mol. The van der Waals surface area contributed by atoms with Crippen molar-refractivity contribution in [2.24, 2.45) is 5.73 Å². The molecular weight excluding hydrogens is 262 g/mol. The van der Waals surface area contributed by atoms with Crippen LogP contribution in [0.4, 0.5) is 5.69 Å². The van der Waals surface area contributed by atoms with E-state index in [4.69, 9.17) is 5.73 Å². The number of amides is 1. The number of carbonyl (C=O) groups excluding carboxylic acids is 1. The topological polar surface area (TPSA) is 59.2 Å². The number of fused-ring (bicyclic) bond motifs is 1. The van der Waals surface area contributed by atoms with Crippen LogP contribution in [0.2, 0.25) is 0 Å². The SMILES string of the molecule is NC1Cc2ccccc2N(C(=O)CCc2ccncc2)C1. The number of hydrogen-bond donors (Lipinski definition) is 1. The Morgan fingerprint density at radius 1 is 1.24 bits per heavy atom. The van der Waals surface area contributed by atoms with E-state index in [1.54, 1.807) is 12.4 Å². The number of carbonyl (C=O) groups is 1. The van der Waals surface area contributed by atoms with Gasteiger partial charge >= 0.3 is 0 Å². The fourth-order valence-electron chi connectivity index (χ4n) is 2.80. The third-order valence-electron chi connectivity index (χ3n) is 3.86. The van der Waals surface area contributed by atoms with Gasteiger partial charge < -0.3 is 10.6 Å². The minimum atomic E-state index is 0.0183. The van der Waals surface area contributed by atoms with E-state index in [1.807, 2.05) is 35.2 Å². The van der Waals surface area contributed by atoms with Crippen molar-refractivity contribution in [3.63, 3.8) is 0 Å². The number of aryl methyl sites for hydroxylation is 1. The zero-order valence-corrected chi connectivity index (χ0v) is 11.9. The molecule has 1 aliphatic rings. The Balaban J connectivity index is 1.73. The fourth-order valence-corrected chi connectivity index (χ4v) is 2.80. The molecule has 0 bridgehead atoms. The Bertz CT molecular complexity index is 627. The molecule has 1 amide bonds. The highest BCUT2D eigenvalue weighted by molar-refractivity contribution is 5.94. The minimum absolute atomic E-state index is 0.0183. The summed E-state index contributed by atoms with van der Waals surface area (Å²) in [7, 11) is 0. The van der Waals surface area contributed by atoms with Crippen LogP contribution in [0.5, 0.6) is 0 Å². The largest absolute Gasteiger partial charge is 0.326 e. The summed E-state index contributed by atoms with van der Waals surface area (Å²) in [5.41, 5.74) is 9.39. The first kappa shape index (κ1) is 13.8. The molecule has 2 aromatic rings. The summed E-state index contributed by atoms with van der Waals surface area (Å²) in [6.07, 6.45) is 5.57. The van der Waals surface area contributed by atoms with E-state index in [2.05, 4.69) is 11.1 Å². The zero-order chi connectivity index (χ0) is 14.7. The maximum Gasteiger partial charge on any atom is 0.227 e. The predicted molar refractivity (Wildman–Crippen MR) is 83.0 cm³/mol. The smallest absolute Gasteiger partial charge is 0.227 e. The van der Waals surface area contributed by atoms with Gasteiger partial charge in [0.15, 0.2) is 0 Å². The van der Waals surface area contributed by atoms with E-state index in [0.29, 0.717) is 13.0 Å². The van der Waals surface area contributed by atoms with Crippen molar-refractivity contribution < 1.29 is 4.79 Å². The van der Waals surface area contributed by atoms with Crippen LogP contribution in [0.3, 0.4) is 0 Å². The lowest BCUT2D eigenvalue weighted by Gasteiger charge is -2.33. The van der Waals surface area contributed by atoms with E-state index in [1.165, 1.54) is 0 Å². The van der Waals surface area contributed by atoms with Crippen molar-refractivity contribution in [1.82, 2.24) is 4.98 Å². The first-order valence-electron chi connectivity index (χ1n) is 7.27. The molecule has 21 heavy (non-hydrogen) atoms. The van der Waals surface area contributed by atoms with E-state index in [9.17, 15) is 4.79 Å². The Kier molecular flexibility index (Phi) is 3.97. The van der Waals surface area contributed by atoms with Crippen molar-refractivity contribution in [1.29, 1.82) is 0 Å². The number of nitrogens with two attached hydrogens (primary N) is 1. The van der Waals surface area contributed by atoms with Gasteiger partial charge in [-0.2, -0.15) is 0 Å². The molecule has 2 N–H and O–H groups in total. The zero-order valence-electron chi connectivity index (χ0n) is 11.9. The molecule has 1 aliphatic heterocycles. The summed E-state index contributed by atoms with van der Waals surface area (Å²) in [6.45, 7) is 0.603. The number of pyridine rings is 1. The highest BCUT2D eigenvalue weighted by Crippen LogP contribution is 2.27. The molecule has 0 spiro atoms. The molecule has 0 fully saturated rings. The maximum atomic E-state index is 12.5. The molecular formula is C17H19N3O. The van der Waals surface area contributed by atoms with Gasteiger partial charge in [0.25, 0.3) is 0 Å². The molecule has 0 saturated heterocycles. The quantitative estimate of drug-likeness (QED) is 0.935. The third-order valence-corrected chi connectivity index (χ3v) is 3.86. The molecule has 1 atom stereocenters. The molecule has 2 heterocycles. The molecule has 1 aromatic heterocycles. The maximum absolute atomic E-state index is 12.5. The van der Waals surface area contributed by atoms with Gasteiger partial charge in [0.1, 0.15) is 0 Å². The number of aromatic nitrogens is 1. The van der Waals surface area contributed by atoms with Crippen LogP contribution in [-0.4, -0.2) is 23.5 Å². The summed E-state index contributed by atoms with van der Waals surface area (Å²) < 4.78 is 0. The highest BCUT2D eigenvalue weighted by Gasteiger charge is 2.25. The van der Waals surface area contributed by atoms with E-state index in [0.717, 1.165) is 29.7 Å². The van der Waals surface area contributed by atoms with Gasteiger partial charge in [-0.15, -0.1) is 0 Å². The lowest BCUT2D eigenvalue weighted by molar-refractivity contribution is -0.118. The Morgan fingerprint density at radius 3 is 2.81 bits per heavy atom. The number of anilines is 1. The van der Waals surface area contributed by atoms with Gasteiger partial charge in [-0.3, -0.25) is 9.78 Å². The van der Waals surface area contributed by atoms with Crippen LogP contribution in [-0.2, 0) is 17.6 Å². The molecule has 108 valence electrons. The second-order valence-electron chi connectivity index (χ2n) is 5.45. The van der Waals surface area contributed by atoms with Crippen LogP contribution in [0.25, 0.3) is 0 Å². The van der Waals surface area contributed by atoms with Crippen molar-refractivity contribution in [2.75, 3.05) is 11.4 Å². The van der Waals surface area contributed by atoms with Gasteiger partial charge in [-0.05, 0) is 42.2 Å². The van der Waals surface area contributed by atoms with Crippen molar-refractivity contribution in [3.8, 4) is 0 Å². The Labute approximate surface area is 124 Å². The number of hydrogen-bond acceptors (Lipinski definition) is 3. The van der Waals surface area contributed by atoms with E-state index >= 15 is 0 Å². The average Bonchev–Trinajstić information content (AvgIpc) is 2.52. The second-order valence-corrected chi connectivity index (χ2v) is 5.45. The number of benzene rings is 1. The van der Waals surface area contributed by atoms with Crippen LogP contribution in [0.1, 0.15) is 17.5 Å². The van der Waals surface area contributed by atoms with Gasteiger partial charge in [0.05, 0.1) is 0 Å². The van der Waals surface area contributed by atoms with Crippen LogP contribution in [0.15, 0.2) is 48.8 Å². The lowest BCUT2D eigenvalue weighted by Crippen LogP contribution is -2.46. The first-order chi connectivity index (χ1) is 10.2. The molecule has 0 saturated carbocycles. The first-order valence-corrected chi connectivity index (χ1v) is 7.27. The van der Waals surface area contributed by atoms with Gasteiger partial charge in [0.2, 0.25) is 5.91 Å². The van der Waals surface area contributed by atoms with Crippen molar-refractivity contribution in [3.05, 3.63) is 59.9 Å². The van der Waals surface area contributed by atoms with E-state index < -0.39 is 0 Å². The molecule has 3 rings (SSSR count). The van der Waals surface area contributed by atoms with Gasteiger partial charge in [0, 0.05) is 37.1 Å². The summed E-state index contributed by atoms with van der Waals surface area (Å²) in [5, 5.41) is 0. The van der Waals surface area contributed by atoms with Crippen LogP contribution >= 0.6 is 0 Å². The molecule has 1 aromatic carbocycles. The highest BCUT2D eigenvalue weighted by atomic mass is 16.2. The molecule has 1 unspecified atom stereocenters. The third kappa shape index (κ3) is 3.11.